The van der Waals surface area contributed by atoms with Crippen molar-refractivity contribution < 1.29 is 19.4 Å². The van der Waals surface area contributed by atoms with Crippen LogP contribution in [-0.2, 0) is 4.74 Å². The fourth-order valence-corrected chi connectivity index (χ4v) is 5.30. The van der Waals surface area contributed by atoms with E-state index in [4.69, 9.17) is 22.1 Å². The molecule has 3 heterocycles. The van der Waals surface area contributed by atoms with Crippen molar-refractivity contribution in [1.29, 1.82) is 0 Å². The SMILES string of the molecule is CC(C)CC(O)Nc1cc(N2CC(CNC(=O)c3ccc(Cl)s3)OC2=O)ccc1N1CCC(N)C1. The van der Waals surface area contributed by atoms with E-state index in [2.05, 4.69) is 15.5 Å². The predicted octanol–water partition coefficient (Wildman–Crippen LogP) is 3.47. The van der Waals surface area contributed by atoms with Crippen LogP contribution in [0.4, 0.5) is 21.9 Å². The third-order valence-electron chi connectivity index (χ3n) is 6.04. The molecule has 2 aromatic rings. The van der Waals surface area contributed by atoms with Crippen molar-refractivity contribution in [3.05, 3.63) is 39.5 Å². The summed E-state index contributed by atoms with van der Waals surface area (Å²) in [4.78, 5) is 29.2. The van der Waals surface area contributed by atoms with Gasteiger partial charge in [-0.1, -0.05) is 25.4 Å². The van der Waals surface area contributed by atoms with Gasteiger partial charge in [0.2, 0.25) is 0 Å². The molecule has 35 heavy (non-hydrogen) atoms. The van der Waals surface area contributed by atoms with Gasteiger partial charge in [0.25, 0.3) is 5.91 Å². The lowest BCUT2D eigenvalue weighted by atomic mass is 10.1. The first-order valence-electron chi connectivity index (χ1n) is 11.8. The van der Waals surface area contributed by atoms with Gasteiger partial charge in [-0.05, 0) is 49.1 Å². The van der Waals surface area contributed by atoms with E-state index in [1.54, 1.807) is 17.0 Å². The Bertz CT molecular complexity index is 1060. The first kappa shape index (κ1) is 25.6. The molecule has 5 N–H and O–H groups in total. The summed E-state index contributed by atoms with van der Waals surface area (Å²) in [6.45, 7) is 6.16. The van der Waals surface area contributed by atoms with Gasteiger partial charge in [-0.2, -0.15) is 0 Å². The maximum Gasteiger partial charge on any atom is 0.414 e. The second-order valence-corrected chi connectivity index (χ2v) is 11.1. The molecule has 2 saturated heterocycles. The lowest BCUT2D eigenvalue weighted by Crippen LogP contribution is -2.34. The number of carbonyl (C=O) groups is 2. The van der Waals surface area contributed by atoms with Crippen LogP contribution in [0.15, 0.2) is 30.3 Å². The Balaban J connectivity index is 1.46. The molecule has 1 aromatic carbocycles. The van der Waals surface area contributed by atoms with E-state index in [1.807, 2.05) is 32.0 Å². The van der Waals surface area contributed by atoms with Gasteiger partial charge in [0.1, 0.15) is 12.3 Å². The van der Waals surface area contributed by atoms with Crippen molar-refractivity contribution >= 4 is 52.0 Å². The fraction of sp³-hybridized carbons (Fsp3) is 0.500. The molecule has 3 unspecified atom stereocenters. The van der Waals surface area contributed by atoms with Gasteiger partial charge in [0, 0.05) is 24.8 Å². The number of nitrogens with two attached hydrogens (primary N) is 1. The first-order valence-corrected chi connectivity index (χ1v) is 13.0. The minimum atomic E-state index is -0.723. The largest absolute Gasteiger partial charge is 0.442 e. The van der Waals surface area contributed by atoms with E-state index in [1.165, 1.54) is 11.3 Å². The van der Waals surface area contributed by atoms with Crippen LogP contribution in [0.3, 0.4) is 0 Å². The summed E-state index contributed by atoms with van der Waals surface area (Å²) in [5.41, 5.74) is 8.45. The van der Waals surface area contributed by atoms with E-state index in [0.29, 0.717) is 33.8 Å². The summed E-state index contributed by atoms with van der Waals surface area (Å²) in [6.07, 6.45) is -0.195. The Hall–Kier alpha value is -2.53. The van der Waals surface area contributed by atoms with Crippen LogP contribution in [0.2, 0.25) is 4.34 Å². The first-order chi connectivity index (χ1) is 16.7. The molecule has 0 radical (unpaired) electrons. The number of hydrogen-bond acceptors (Lipinski definition) is 8. The minimum Gasteiger partial charge on any atom is -0.442 e. The molecule has 0 bridgehead atoms. The molecule has 1 aromatic heterocycles. The number of cyclic esters (lactones) is 1. The average molecular weight is 522 g/mol. The molecular weight excluding hydrogens is 490 g/mol. The summed E-state index contributed by atoms with van der Waals surface area (Å²) in [5.74, 6) is 0.0641. The fourth-order valence-electron chi connectivity index (χ4n) is 4.34. The maximum atomic E-state index is 12.6. The van der Waals surface area contributed by atoms with E-state index >= 15 is 0 Å². The zero-order valence-electron chi connectivity index (χ0n) is 19.9. The smallest absolute Gasteiger partial charge is 0.414 e. The van der Waals surface area contributed by atoms with Crippen LogP contribution in [0, 0.1) is 5.92 Å². The third kappa shape index (κ3) is 6.38. The molecule has 0 aliphatic carbocycles. The van der Waals surface area contributed by atoms with E-state index < -0.39 is 18.4 Å². The van der Waals surface area contributed by atoms with Crippen LogP contribution in [0.1, 0.15) is 36.4 Å². The predicted molar refractivity (Wildman–Crippen MR) is 140 cm³/mol. The van der Waals surface area contributed by atoms with Crippen molar-refractivity contribution in [1.82, 2.24) is 5.32 Å². The van der Waals surface area contributed by atoms with Crippen molar-refractivity contribution in [2.24, 2.45) is 11.7 Å². The summed E-state index contributed by atoms with van der Waals surface area (Å²) < 4.78 is 6.03. The zero-order valence-corrected chi connectivity index (χ0v) is 21.4. The summed E-state index contributed by atoms with van der Waals surface area (Å²) in [5, 5.41) is 16.6. The highest BCUT2D eigenvalue weighted by molar-refractivity contribution is 7.18. The van der Waals surface area contributed by atoms with E-state index in [9.17, 15) is 14.7 Å². The van der Waals surface area contributed by atoms with Crippen LogP contribution < -0.4 is 26.2 Å². The number of carbonyl (C=O) groups excluding carboxylic acids is 2. The number of ether oxygens (including phenoxy) is 1. The number of benzene rings is 1. The molecule has 11 heteroatoms. The van der Waals surface area contributed by atoms with Crippen LogP contribution in [0.5, 0.6) is 0 Å². The number of rotatable bonds is 9. The Morgan fingerprint density at radius 2 is 2.11 bits per heavy atom. The Morgan fingerprint density at radius 1 is 1.31 bits per heavy atom. The number of anilines is 3. The number of aliphatic hydroxyl groups is 1. The lowest BCUT2D eigenvalue weighted by molar-refractivity contribution is 0.0920. The number of hydrogen-bond donors (Lipinski definition) is 4. The molecule has 3 atom stereocenters. The van der Waals surface area contributed by atoms with Gasteiger partial charge < -0.3 is 31.1 Å². The lowest BCUT2D eigenvalue weighted by Gasteiger charge is -2.26. The quantitative estimate of drug-likeness (QED) is 0.373. The monoisotopic (exact) mass is 521 g/mol. The molecule has 9 nitrogen and oxygen atoms in total. The number of amides is 2. The molecule has 4 rings (SSSR count). The number of thiophene rings is 1. The molecule has 2 aliphatic rings. The van der Waals surface area contributed by atoms with Gasteiger partial charge in [0.15, 0.2) is 0 Å². The summed E-state index contributed by atoms with van der Waals surface area (Å²) in [6, 6.07) is 9.11. The van der Waals surface area contributed by atoms with Crippen molar-refractivity contribution in [3.63, 3.8) is 0 Å². The van der Waals surface area contributed by atoms with Crippen molar-refractivity contribution in [3.8, 4) is 0 Å². The standard InChI is InChI=1S/C24H32ClN5O4S/c1-14(2)9-22(31)28-18-10-16(3-4-19(18)29-8-7-15(26)12-29)30-13-17(34-24(30)33)11-27-23(32)20-5-6-21(25)35-20/h3-6,10,14-15,17,22,28,31H,7-9,11-13,26H2,1-2H3,(H,27,32). The number of halogens is 1. The van der Waals surface area contributed by atoms with E-state index in [-0.39, 0.29) is 18.5 Å². The number of nitrogens with zero attached hydrogens (tertiary/aromatic N) is 2. The second-order valence-electron chi connectivity index (χ2n) is 9.42. The summed E-state index contributed by atoms with van der Waals surface area (Å²) in [7, 11) is 0. The molecule has 190 valence electrons. The molecule has 2 fully saturated rings. The maximum absolute atomic E-state index is 12.6. The third-order valence-corrected chi connectivity index (χ3v) is 7.27. The highest BCUT2D eigenvalue weighted by atomic mass is 35.5. The average Bonchev–Trinajstić information content (AvgIpc) is 3.51. The Morgan fingerprint density at radius 3 is 2.77 bits per heavy atom. The van der Waals surface area contributed by atoms with Crippen LogP contribution >= 0.6 is 22.9 Å². The summed E-state index contributed by atoms with van der Waals surface area (Å²) >= 11 is 7.09. The Labute approximate surface area is 214 Å². The van der Waals surface area contributed by atoms with Gasteiger partial charge >= 0.3 is 6.09 Å². The molecule has 2 amide bonds. The zero-order chi connectivity index (χ0) is 25.1. The number of aliphatic hydroxyl groups excluding tert-OH is 1. The molecule has 2 aliphatic heterocycles. The van der Waals surface area contributed by atoms with Crippen LogP contribution in [-0.4, -0.2) is 61.7 Å². The molecule has 0 saturated carbocycles. The van der Waals surface area contributed by atoms with Crippen molar-refractivity contribution in [2.75, 3.05) is 41.3 Å². The number of nitrogens with one attached hydrogen (secondary N) is 2. The topological polar surface area (TPSA) is 120 Å². The van der Waals surface area contributed by atoms with E-state index in [0.717, 1.165) is 30.9 Å². The second kappa shape index (κ2) is 11.0. The highest BCUT2D eigenvalue weighted by Crippen LogP contribution is 2.35. The molecular formula is C24H32ClN5O4S. The molecule has 0 spiro atoms. The van der Waals surface area contributed by atoms with Gasteiger partial charge in [-0.25, -0.2) is 4.79 Å². The highest BCUT2D eigenvalue weighted by Gasteiger charge is 2.33. The van der Waals surface area contributed by atoms with Crippen LogP contribution in [0.25, 0.3) is 0 Å². The van der Waals surface area contributed by atoms with Gasteiger partial charge in [-0.3, -0.25) is 9.69 Å². The van der Waals surface area contributed by atoms with Crippen molar-refractivity contribution in [2.45, 2.75) is 45.1 Å². The van der Waals surface area contributed by atoms with Gasteiger partial charge in [0.05, 0.1) is 33.7 Å². The Kier molecular flexibility index (Phi) is 8.05. The normalized spacial score (nSPS) is 20.9. The van der Waals surface area contributed by atoms with Gasteiger partial charge in [-0.15, -0.1) is 11.3 Å². The minimum absolute atomic E-state index is 0.109.